The summed E-state index contributed by atoms with van der Waals surface area (Å²) in [7, 11) is -3.12. The summed E-state index contributed by atoms with van der Waals surface area (Å²) < 4.78 is 28.5. The molecule has 2 aliphatic heterocycles. The monoisotopic (exact) mass is 249 g/mol. The van der Waals surface area contributed by atoms with E-state index in [0.717, 1.165) is 6.42 Å². The van der Waals surface area contributed by atoms with E-state index in [2.05, 4.69) is 0 Å². The molecule has 5 nitrogen and oxygen atoms in total. The van der Waals surface area contributed by atoms with E-state index in [1.165, 1.54) is 0 Å². The van der Waals surface area contributed by atoms with Crippen LogP contribution in [0.4, 0.5) is 0 Å². The summed E-state index contributed by atoms with van der Waals surface area (Å²) in [6.45, 7) is 0.768. The Hall–Kier alpha value is -0.170. The smallest absolute Gasteiger partial charge is 0.152 e. The molecule has 0 aromatic heterocycles. The SMILES string of the molecule is NC1(C2(O)CCCOC2)CCCS(=O)(=O)C1. The van der Waals surface area contributed by atoms with Crippen LogP contribution in [0.2, 0.25) is 0 Å². The molecule has 2 saturated heterocycles. The summed E-state index contributed by atoms with van der Waals surface area (Å²) in [5.41, 5.74) is 3.92. The Morgan fingerprint density at radius 3 is 2.56 bits per heavy atom. The van der Waals surface area contributed by atoms with Crippen LogP contribution in [-0.4, -0.2) is 49.4 Å². The van der Waals surface area contributed by atoms with Crippen molar-refractivity contribution in [3.05, 3.63) is 0 Å². The molecule has 2 rings (SSSR count). The van der Waals surface area contributed by atoms with E-state index in [1.807, 2.05) is 0 Å². The minimum atomic E-state index is -3.12. The highest BCUT2D eigenvalue weighted by molar-refractivity contribution is 7.91. The van der Waals surface area contributed by atoms with Crippen LogP contribution in [0.3, 0.4) is 0 Å². The number of hydrogen-bond acceptors (Lipinski definition) is 5. The van der Waals surface area contributed by atoms with Crippen LogP contribution >= 0.6 is 0 Å². The largest absolute Gasteiger partial charge is 0.386 e. The van der Waals surface area contributed by atoms with Gasteiger partial charge in [0.15, 0.2) is 9.84 Å². The van der Waals surface area contributed by atoms with E-state index in [4.69, 9.17) is 10.5 Å². The first kappa shape index (κ1) is 12.3. The molecular weight excluding hydrogens is 230 g/mol. The Kier molecular flexibility index (Phi) is 3.03. The Bertz CT molecular complexity index is 361. The van der Waals surface area contributed by atoms with Crippen molar-refractivity contribution in [2.45, 2.75) is 36.8 Å². The molecule has 0 aromatic carbocycles. The summed E-state index contributed by atoms with van der Waals surface area (Å²) in [5, 5.41) is 10.5. The number of aliphatic hydroxyl groups is 1. The second kappa shape index (κ2) is 3.94. The fraction of sp³-hybridized carbons (Fsp3) is 1.00. The first-order valence-electron chi connectivity index (χ1n) is 5.66. The maximum Gasteiger partial charge on any atom is 0.152 e. The summed E-state index contributed by atoms with van der Waals surface area (Å²) >= 11 is 0. The zero-order valence-corrected chi connectivity index (χ0v) is 10.1. The summed E-state index contributed by atoms with van der Waals surface area (Å²) in [5.74, 6) is 0.0583. The van der Waals surface area contributed by atoms with Crippen molar-refractivity contribution in [3.8, 4) is 0 Å². The third-order valence-corrected chi connectivity index (χ3v) is 5.57. The van der Waals surface area contributed by atoms with Gasteiger partial charge in [0.25, 0.3) is 0 Å². The summed E-state index contributed by atoms with van der Waals surface area (Å²) in [6, 6.07) is 0. The molecule has 0 aromatic rings. The second-order valence-corrected chi connectivity index (χ2v) is 7.22. The topological polar surface area (TPSA) is 89.6 Å². The molecule has 0 aliphatic carbocycles. The van der Waals surface area contributed by atoms with Gasteiger partial charge in [0.1, 0.15) is 5.60 Å². The summed E-state index contributed by atoms with van der Waals surface area (Å²) in [4.78, 5) is 0. The fourth-order valence-electron chi connectivity index (χ4n) is 2.68. The van der Waals surface area contributed by atoms with Gasteiger partial charge in [0.05, 0.1) is 23.7 Å². The Labute approximate surface area is 95.9 Å². The first-order valence-corrected chi connectivity index (χ1v) is 7.49. The highest BCUT2D eigenvalue weighted by atomic mass is 32.2. The number of hydrogen-bond donors (Lipinski definition) is 2. The van der Waals surface area contributed by atoms with Crippen LogP contribution in [0.25, 0.3) is 0 Å². The molecule has 2 aliphatic rings. The number of sulfone groups is 1. The Morgan fingerprint density at radius 2 is 2.00 bits per heavy atom. The average Bonchev–Trinajstić information content (AvgIpc) is 2.16. The van der Waals surface area contributed by atoms with Gasteiger partial charge in [0, 0.05) is 6.61 Å². The third kappa shape index (κ3) is 2.11. The molecular formula is C10H19NO4S. The molecule has 16 heavy (non-hydrogen) atoms. The molecule has 0 saturated carbocycles. The molecule has 0 radical (unpaired) electrons. The van der Waals surface area contributed by atoms with Crippen LogP contribution in [0.15, 0.2) is 0 Å². The number of nitrogens with two attached hydrogens (primary N) is 1. The molecule has 2 atom stereocenters. The lowest BCUT2D eigenvalue weighted by molar-refractivity contribution is -0.126. The first-order chi connectivity index (χ1) is 7.37. The lowest BCUT2D eigenvalue weighted by atomic mass is 9.75. The molecule has 2 unspecified atom stereocenters. The molecule has 0 bridgehead atoms. The van der Waals surface area contributed by atoms with Gasteiger partial charge in [-0.15, -0.1) is 0 Å². The van der Waals surface area contributed by atoms with Crippen molar-refractivity contribution in [3.63, 3.8) is 0 Å². The predicted octanol–water partition coefficient (Wildman–Crippen LogP) is -0.566. The molecule has 2 fully saturated rings. The van der Waals surface area contributed by atoms with Crippen molar-refractivity contribution >= 4 is 9.84 Å². The zero-order valence-electron chi connectivity index (χ0n) is 9.31. The van der Waals surface area contributed by atoms with Crippen LogP contribution in [0.1, 0.15) is 25.7 Å². The van der Waals surface area contributed by atoms with Crippen molar-refractivity contribution in [2.24, 2.45) is 5.73 Å². The number of ether oxygens (including phenoxy) is 1. The average molecular weight is 249 g/mol. The molecule has 6 heteroatoms. The van der Waals surface area contributed by atoms with Crippen molar-refractivity contribution in [1.82, 2.24) is 0 Å². The van der Waals surface area contributed by atoms with Gasteiger partial charge >= 0.3 is 0 Å². The van der Waals surface area contributed by atoms with Crippen molar-refractivity contribution in [1.29, 1.82) is 0 Å². The van der Waals surface area contributed by atoms with Crippen LogP contribution in [0, 0.1) is 0 Å². The van der Waals surface area contributed by atoms with Crippen LogP contribution in [0.5, 0.6) is 0 Å². The lowest BCUT2D eigenvalue weighted by Crippen LogP contribution is -2.68. The van der Waals surface area contributed by atoms with Crippen molar-refractivity contribution in [2.75, 3.05) is 24.7 Å². The van der Waals surface area contributed by atoms with Gasteiger partial charge < -0.3 is 15.6 Å². The van der Waals surface area contributed by atoms with Crippen molar-refractivity contribution < 1.29 is 18.3 Å². The standard InChI is InChI=1S/C10H19NO4S/c11-9(3-2-6-16(13,14)8-9)10(12)4-1-5-15-7-10/h12H,1-8,11H2. The fourth-order valence-corrected chi connectivity index (χ4v) is 4.61. The predicted molar refractivity (Wildman–Crippen MR) is 59.8 cm³/mol. The van der Waals surface area contributed by atoms with Gasteiger partial charge in [-0.05, 0) is 25.7 Å². The highest BCUT2D eigenvalue weighted by Crippen LogP contribution is 2.36. The van der Waals surface area contributed by atoms with Crippen LogP contribution < -0.4 is 5.73 Å². The lowest BCUT2D eigenvalue weighted by Gasteiger charge is -2.48. The normalized spacial score (nSPS) is 44.1. The minimum absolute atomic E-state index is 0.125. The minimum Gasteiger partial charge on any atom is -0.386 e. The van der Waals surface area contributed by atoms with Gasteiger partial charge in [0.2, 0.25) is 0 Å². The molecule has 0 spiro atoms. The van der Waals surface area contributed by atoms with E-state index in [9.17, 15) is 13.5 Å². The number of rotatable bonds is 1. The van der Waals surface area contributed by atoms with E-state index < -0.39 is 21.0 Å². The second-order valence-electron chi connectivity index (χ2n) is 5.04. The highest BCUT2D eigenvalue weighted by Gasteiger charge is 2.52. The van der Waals surface area contributed by atoms with Gasteiger partial charge in [-0.25, -0.2) is 8.42 Å². The maximum absolute atomic E-state index is 11.6. The van der Waals surface area contributed by atoms with E-state index in [-0.39, 0.29) is 18.1 Å². The summed E-state index contributed by atoms with van der Waals surface area (Å²) in [6.07, 6.45) is 2.34. The van der Waals surface area contributed by atoms with Gasteiger partial charge in [-0.2, -0.15) is 0 Å². The molecule has 2 heterocycles. The Morgan fingerprint density at radius 1 is 1.25 bits per heavy atom. The van der Waals surface area contributed by atoms with Gasteiger partial charge in [-0.3, -0.25) is 0 Å². The van der Waals surface area contributed by atoms with E-state index in [1.54, 1.807) is 0 Å². The quantitative estimate of drug-likeness (QED) is 0.650. The van der Waals surface area contributed by atoms with E-state index in [0.29, 0.717) is 25.9 Å². The third-order valence-electron chi connectivity index (χ3n) is 3.70. The molecule has 94 valence electrons. The zero-order chi connectivity index (χ0) is 11.9. The molecule has 0 amide bonds. The molecule has 3 N–H and O–H groups in total. The maximum atomic E-state index is 11.6. The van der Waals surface area contributed by atoms with Gasteiger partial charge in [-0.1, -0.05) is 0 Å². The van der Waals surface area contributed by atoms with Crippen LogP contribution in [-0.2, 0) is 14.6 Å². The Balaban J connectivity index is 2.23. The van der Waals surface area contributed by atoms with E-state index >= 15 is 0 Å².